The molecule has 1 aliphatic heterocycles. The van der Waals surface area contributed by atoms with Gasteiger partial charge in [0.2, 0.25) is 0 Å². The van der Waals surface area contributed by atoms with Crippen LogP contribution in [0.25, 0.3) is 6.08 Å². The van der Waals surface area contributed by atoms with Crippen LogP contribution in [0.15, 0.2) is 54.9 Å². The number of primary amides is 1. The number of hydrogen-bond acceptors (Lipinski definition) is 5. The highest BCUT2D eigenvalue weighted by atomic mass is 16.7. The molecule has 0 spiro atoms. The van der Waals surface area contributed by atoms with Crippen LogP contribution in [0.2, 0.25) is 0 Å². The van der Waals surface area contributed by atoms with Gasteiger partial charge in [-0.3, -0.25) is 9.78 Å². The topological polar surface area (TPSA) is 83.7 Å². The lowest BCUT2D eigenvalue weighted by atomic mass is 10.0. The van der Waals surface area contributed by atoms with Gasteiger partial charge in [-0.1, -0.05) is 42.5 Å². The lowest BCUT2D eigenvalue weighted by molar-refractivity contribution is -0.200. The molecule has 6 nitrogen and oxygen atoms in total. The quantitative estimate of drug-likeness (QED) is 0.812. The number of carbonyl (C=O) groups excluding carboxylic acids is 1. The average Bonchev–Trinajstić information content (AvgIpc) is 2.71. The van der Waals surface area contributed by atoms with E-state index in [1.165, 1.54) is 6.20 Å². The van der Waals surface area contributed by atoms with Gasteiger partial charge in [0.05, 0.1) is 24.4 Å². The number of amides is 1. The molecule has 1 aliphatic rings. The lowest BCUT2D eigenvalue weighted by Gasteiger charge is -2.33. The number of pyridine rings is 1. The zero-order valence-corrected chi connectivity index (χ0v) is 15.3. The van der Waals surface area contributed by atoms with Crippen LogP contribution < -0.4 is 5.73 Å². The maximum atomic E-state index is 11.5. The van der Waals surface area contributed by atoms with Crippen LogP contribution in [-0.2, 0) is 20.8 Å². The maximum absolute atomic E-state index is 11.5. The van der Waals surface area contributed by atoms with E-state index in [0.717, 1.165) is 5.56 Å². The zero-order valence-electron chi connectivity index (χ0n) is 15.3. The standard InChI is InChI=1S/C21H24N2O4/c1-25-20-12-18(26-14-15-5-3-2-4-6-15)11-17(27-20)8-7-16-9-10-23-13-19(16)21(22)24/h2-10,13,17-18,20H,11-12,14H2,1H3,(H2,22,24)/b8-7+/t17-,18+,20+/m0/s1. The van der Waals surface area contributed by atoms with Gasteiger partial charge in [0.25, 0.3) is 5.91 Å². The first-order chi connectivity index (χ1) is 13.2. The minimum atomic E-state index is -0.508. The predicted molar refractivity (Wildman–Crippen MR) is 102 cm³/mol. The van der Waals surface area contributed by atoms with Crippen molar-refractivity contribution < 1.29 is 19.0 Å². The zero-order chi connectivity index (χ0) is 19.1. The molecule has 2 N–H and O–H groups in total. The Balaban J connectivity index is 1.65. The Morgan fingerprint density at radius 1 is 1.30 bits per heavy atom. The molecule has 3 rings (SSSR count). The van der Waals surface area contributed by atoms with E-state index >= 15 is 0 Å². The molecule has 1 aromatic heterocycles. The fourth-order valence-electron chi connectivity index (χ4n) is 3.04. The molecular formula is C21H24N2O4. The first-order valence-corrected chi connectivity index (χ1v) is 8.91. The fraction of sp³-hybridized carbons (Fsp3) is 0.333. The third-order valence-corrected chi connectivity index (χ3v) is 4.48. The number of ether oxygens (including phenoxy) is 3. The van der Waals surface area contributed by atoms with Crippen molar-refractivity contribution in [3.05, 3.63) is 71.6 Å². The Hall–Kier alpha value is -2.54. The predicted octanol–water partition coefficient (Wildman–Crippen LogP) is 2.93. The second-order valence-corrected chi connectivity index (χ2v) is 6.42. The summed E-state index contributed by atoms with van der Waals surface area (Å²) in [7, 11) is 1.62. The Morgan fingerprint density at radius 2 is 2.11 bits per heavy atom. The van der Waals surface area contributed by atoms with Crippen molar-refractivity contribution in [1.29, 1.82) is 0 Å². The summed E-state index contributed by atoms with van der Waals surface area (Å²) in [5, 5.41) is 0. The van der Waals surface area contributed by atoms with E-state index in [-0.39, 0.29) is 18.5 Å². The normalized spacial score (nSPS) is 22.8. The van der Waals surface area contributed by atoms with Crippen molar-refractivity contribution in [1.82, 2.24) is 4.98 Å². The molecule has 0 radical (unpaired) electrons. The highest BCUT2D eigenvalue weighted by Gasteiger charge is 2.28. The molecule has 0 saturated carbocycles. The number of nitrogens with zero attached hydrogens (tertiary/aromatic N) is 1. The number of nitrogens with two attached hydrogens (primary N) is 1. The monoisotopic (exact) mass is 368 g/mol. The molecular weight excluding hydrogens is 344 g/mol. The minimum Gasteiger partial charge on any atom is -0.373 e. The van der Waals surface area contributed by atoms with E-state index in [2.05, 4.69) is 4.98 Å². The number of carbonyl (C=O) groups is 1. The molecule has 1 saturated heterocycles. The van der Waals surface area contributed by atoms with Gasteiger partial charge in [-0.15, -0.1) is 0 Å². The van der Waals surface area contributed by atoms with E-state index in [0.29, 0.717) is 30.6 Å². The first kappa shape index (κ1) is 19.2. The molecule has 2 aromatic rings. The molecule has 0 aliphatic carbocycles. The van der Waals surface area contributed by atoms with Crippen LogP contribution in [0.3, 0.4) is 0 Å². The second kappa shape index (κ2) is 9.41. The van der Waals surface area contributed by atoms with Crippen LogP contribution >= 0.6 is 0 Å². The average molecular weight is 368 g/mol. The van der Waals surface area contributed by atoms with Crippen molar-refractivity contribution in [2.75, 3.05) is 7.11 Å². The SMILES string of the molecule is CO[C@H]1C[C@H](OCc2ccccc2)C[C@H](/C=C/c2ccncc2C(N)=O)O1. The number of methoxy groups -OCH3 is 1. The number of hydrogen-bond donors (Lipinski definition) is 1. The Morgan fingerprint density at radius 3 is 2.85 bits per heavy atom. The second-order valence-electron chi connectivity index (χ2n) is 6.42. The maximum Gasteiger partial charge on any atom is 0.250 e. The van der Waals surface area contributed by atoms with Gasteiger partial charge in [0.15, 0.2) is 6.29 Å². The summed E-state index contributed by atoms with van der Waals surface area (Å²) in [5.41, 5.74) is 7.62. The molecule has 142 valence electrons. The lowest BCUT2D eigenvalue weighted by Crippen LogP contribution is -2.37. The molecule has 27 heavy (non-hydrogen) atoms. The summed E-state index contributed by atoms with van der Waals surface area (Å²) in [5.74, 6) is -0.508. The number of benzene rings is 1. The molecule has 1 aromatic carbocycles. The summed E-state index contributed by atoms with van der Waals surface area (Å²) >= 11 is 0. The molecule has 0 bridgehead atoms. The summed E-state index contributed by atoms with van der Waals surface area (Å²) in [6.45, 7) is 0.550. The van der Waals surface area contributed by atoms with Gasteiger partial charge in [-0.25, -0.2) is 0 Å². The van der Waals surface area contributed by atoms with Gasteiger partial charge in [0, 0.05) is 32.3 Å². The van der Waals surface area contributed by atoms with E-state index in [1.807, 2.05) is 42.5 Å². The van der Waals surface area contributed by atoms with Crippen LogP contribution in [-0.4, -0.2) is 36.5 Å². The highest BCUT2D eigenvalue weighted by Crippen LogP contribution is 2.25. The number of aromatic nitrogens is 1. The van der Waals surface area contributed by atoms with Crippen LogP contribution in [0, 0.1) is 0 Å². The van der Waals surface area contributed by atoms with Crippen molar-refractivity contribution in [3.8, 4) is 0 Å². The van der Waals surface area contributed by atoms with Gasteiger partial charge >= 0.3 is 0 Å². The van der Waals surface area contributed by atoms with E-state index in [9.17, 15) is 4.79 Å². The summed E-state index contributed by atoms with van der Waals surface area (Å²) < 4.78 is 17.4. The number of rotatable bonds is 7. The summed E-state index contributed by atoms with van der Waals surface area (Å²) in [6.07, 6.45) is 7.72. The minimum absolute atomic E-state index is 0.0200. The van der Waals surface area contributed by atoms with Gasteiger partial charge in [0.1, 0.15) is 0 Å². The van der Waals surface area contributed by atoms with Crippen LogP contribution in [0.5, 0.6) is 0 Å². The third kappa shape index (κ3) is 5.47. The Bertz CT molecular complexity index is 779. The van der Waals surface area contributed by atoms with Crippen molar-refractivity contribution in [3.63, 3.8) is 0 Å². The molecule has 0 unspecified atom stereocenters. The molecule has 6 heteroatoms. The Labute approximate surface area is 159 Å². The van der Waals surface area contributed by atoms with Crippen molar-refractivity contribution in [2.45, 2.75) is 37.9 Å². The fourth-order valence-corrected chi connectivity index (χ4v) is 3.04. The smallest absolute Gasteiger partial charge is 0.250 e. The molecule has 2 heterocycles. The first-order valence-electron chi connectivity index (χ1n) is 8.91. The van der Waals surface area contributed by atoms with Gasteiger partial charge < -0.3 is 19.9 Å². The van der Waals surface area contributed by atoms with Crippen LogP contribution in [0.4, 0.5) is 0 Å². The molecule has 3 atom stereocenters. The summed E-state index contributed by atoms with van der Waals surface area (Å²) in [4.78, 5) is 15.5. The molecule has 1 amide bonds. The highest BCUT2D eigenvalue weighted by molar-refractivity contribution is 5.96. The largest absolute Gasteiger partial charge is 0.373 e. The van der Waals surface area contributed by atoms with Gasteiger partial charge in [-0.2, -0.15) is 0 Å². The van der Waals surface area contributed by atoms with E-state index < -0.39 is 5.91 Å². The van der Waals surface area contributed by atoms with E-state index in [4.69, 9.17) is 19.9 Å². The van der Waals surface area contributed by atoms with Crippen molar-refractivity contribution in [2.24, 2.45) is 5.73 Å². The summed E-state index contributed by atoms with van der Waals surface area (Å²) in [6, 6.07) is 11.8. The van der Waals surface area contributed by atoms with Gasteiger partial charge in [-0.05, 0) is 17.2 Å². The molecule has 1 fully saturated rings. The van der Waals surface area contributed by atoms with Crippen molar-refractivity contribution >= 4 is 12.0 Å². The van der Waals surface area contributed by atoms with Crippen LogP contribution in [0.1, 0.15) is 34.3 Å². The third-order valence-electron chi connectivity index (χ3n) is 4.48. The van der Waals surface area contributed by atoms with E-state index in [1.54, 1.807) is 19.4 Å². The Kier molecular flexibility index (Phi) is 6.70.